The number of nitrogens with one attached hydrogen (secondary N) is 2. The Hall–Kier alpha value is -2.53. The molecule has 1 heterocycles. The van der Waals surface area contributed by atoms with Gasteiger partial charge in [0.15, 0.2) is 21.4 Å². The van der Waals surface area contributed by atoms with Gasteiger partial charge in [-0.05, 0) is 55.2 Å². The quantitative estimate of drug-likeness (QED) is 0.351. The molecule has 9 nitrogen and oxygen atoms in total. The van der Waals surface area contributed by atoms with Crippen molar-refractivity contribution in [1.29, 1.82) is 0 Å². The van der Waals surface area contributed by atoms with Crippen LogP contribution in [0.15, 0.2) is 18.2 Å². The number of benzene rings is 1. The van der Waals surface area contributed by atoms with E-state index >= 15 is 0 Å². The molecule has 0 bridgehead atoms. The van der Waals surface area contributed by atoms with Crippen molar-refractivity contribution in [2.75, 3.05) is 24.7 Å². The van der Waals surface area contributed by atoms with Crippen molar-refractivity contribution in [3.63, 3.8) is 0 Å². The zero-order valence-electron chi connectivity index (χ0n) is 17.8. The summed E-state index contributed by atoms with van der Waals surface area (Å²) in [6.07, 6.45) is 1.33. The summed E-state index contributed by atoms with van der Waals surface area (Å²) in [6, 6.07) is 3.53. The number of unbranched alkanes of at least 4 members (excludes halogenated alkanes) is 1. The Kier molecular flexibility index (Phi) is 7.83. The third kappa shape index (κ3) is 6.99. The van der Waals surface area contributed by atoms with E-state index in [4.69, 9.17) is 9.47 Å². The van der Waals surface area contributed by atoms with E-state index < -0.39 is 39.6 Å². The molecule has 1 atom stereocenters. The fourth-order valence-electron chi connectivity index (χ4n) is 3.27. The Labute approximate surface area is 185 Å². The molecule has 0 unspecified atom stereocenters. The van der Waals surface area contributed by atoms with Crippen LogP contribution in [-0.4, -0.2) is 57.1 Å². The number of carbonyl (C=O) groups excluding carboxylic acids is 3. The molecule has 1 saturated heterocycles. The van der Waals surface area contributed by atoms with Gasteiger partial charge in [0.1, 0.15) is 0 Å². The zero-order chi connectivity index (χ0) is 23.3. The molecule has 1 aliphatic heterocycles. The maximum atomic E-state index is 14.0. The molecule has 3 rings (SSSR count). The molecule has 1 aromatic rings. The number of hydrogen-bond donors (Lipinski definition) is 2. The normalized spacial score (nSPS) is 18.2. The van der Waals surface area contributed by atoms with Crippen LogP contribution in [0.25, 0.3) is 0 Å². The van der Waals surface area contributed by atoms with Crippen LogP contribution in [0.1, 0.15) is 44.1 Å². The van der Waals surface area contributed by atoms with Crippen molar-refractivity contribution in [1.82, 2.24) is 10.6 Å². The van der Waals surface area contributed by atoms with Gasteiger partial charge in [0.05, 0.1) is 18.1 Å². The number of ether oxygens (including phenoxy) is 2. The van der Waals surface area contributed by atoms with Gasteiger partial charge >= 0.3 is 6.03 Å². The molecule has 0 spiro atoms. The minimum absolute atomic E-state index is 0.00950. The van der Waals surface area contributed by atoms with E-state index in [1.54, 1.807) is 19.1 Å². The molecule has 11 heteroatoms. The van der Waals surface area contributed by atoms with Crippen molar-refractivity contribution >= 4 is 27.7 Å². The number of rotatable bonds is 12. The van der Waals surface area contributed by atoms with Gasteiger partial charge in [-0.2, -0.15) is 0 Å². The lowest BCUT2D eigenvalue weighted by atomic mass is 10.0. The number of carbonyl (C=O) groups is 3. The van der Waals surface area contributed by atoms with Gasteiger partial charge in [0, 0.05) is 6.61 Å². The predicted octanol–water partition coefficient (Wildman–Crippen LogP) is 1.66. The van der Waals surface area contributed by atoms with E-state index in [1.807, 2.05) is 10.6 Å². The Morgan fingerprint density at radius 2 is 1.81 bits per heavy atom. The topological polar surface area (TPSA) is 128 Å². The molecule has 1 aromatic carbocycles. The number of halogens is 1. The summed E-state index contributed by atoms with van der Waals surface area (Å²) in [5, 5.41) is 3.85. The minimum atomic E-state index is -3.40. The lowest BCUT2D eigenvalue weighted by Crippen LogP contribution is -2.59. The lowest BCUT2D eigenvalue weighted by molar-refractivity contribution is -0.146. The van der Waals surface area contributed by atoms with Crippen LogP contribution in [0.3, 0.4) is 0 Å². The summed E-state index contributed by atoms with van der Waals surface area (Å²) >= 11 is 0. The van der Waals surface area contributed by atoms with E-state index in [0.717, 1.165) is 12.8 Å². The Morgan fingerprint density at radius 1 is 1.12 bits per heavy atom. The number of hydrogen-bond acceptors (Lipinski definition) is 7. The maximum absolute atomic E-state index is 14.0. The molecule has 1 aliphatic carbocycles. The van der Waals surface area contributed by atoms with E-state index in [2.05, 4.69) is 0 Å². The standard InChI is InChI=1S/C21H27FN2O7S/c1-13(15-6-7-16(22)17(10-15)31-11-14-4-5-14)12-32(28,29)9-3-2-8-30-18-19(25)23-21(27)24-20(18)26/h6-7,10,13-14,18H,2-5,8-9,11-12H2,1H3,(H2,23,24,25,26,27)/t13-/m0/s1. The number of sulfone groups is 1. The van der Waals surface area contributed by atoms with Gasteiger partial charge in [-0.1, -0.05) is 13.0 Å². The largest absolute Gasteiger partial charge is 0.490 e. The van der Waals surface area contributed by atoms with Crippen molar-refractivity contribution in [3.05, 3.63) is 29.6 Å². The SMILES string of the molecule is C[C@@H](CS(=O)(=O)CCCCOC1C(=O)NC(=O)NC1=O)c1ccc(F)c(OCC2CC2)c1. The molecular formula is C21H27FN2O7S. The number of barbiturate groups is 1. The highest BCUT2D eigenvalue weighted by Gasteiger charge is 2.34. The second kappa shape index (κ2) is 10.4. The van der Waals surface area contributed by atoms with Gasteiger partial charge in [-0.15, -0.1) is 0 Å². The van der Waals surface area contributed by atoms with Crippen molar-refractivity contribution in [2.45, 2.75) is 44.6 Å². The highest BCUT2D eigenvalue weighted by atomic mass is 32.2. The molecule has 4 amide bonds. The summed E-state index contributed by atoms with van der Waals surface area (Å²) in [6.45, 7) is 2.22. The Balaban J connectivity index is 1.42. The molecule has 1 saturated carbocycles. The second-order valence-corrected chi connectivity index (χ2v) is 10.5. The van der Waals surface area contributed by atoms with Gasteiger partial charge < -0.3 is 9.47 Å². The summed E-state index contributed by atoms with van der Waals surface area (Å²) < 4.78 is 49.6. The summed E-state index contributed by atoms with van der Waals surface area (Å²) in [4.78, 5) is 34.1. The molecule has 176 valence electrons. The predicted molar refractivity (Wildman–Crippen MR) is 112 cm³/mol. The van der Waals surface area contributed by atoms with Crippen molar-refractivity contribution in [3.8, 4) is 5.75 Å². The van der Waals surface area contributed by atoms with Crippen LogP contribution in [0.4, 0.5) is 9.18 Å². The zero-order valence-corrected chi connectivity index (χ0v) is 18.6. The second-order valence-electron chi connectivity index (χ2n) is 8.23. The fourth-order valence-corrected chi connectivity index (χ4v) is 5.04. The molecule has 2 fully saturated rings. The lowest BCUT2D eigenvalue weighted by Gasteiger charge is -2.20. The van der Waals surface area contributed by atoms with Crippen LogP contribution in [0.2, 0.25) is 0 Å². The number of amides is 4. The highest BCUT2D eigenvalue weighted by Crippen LogP contribution is 2.31. The minimum Gasteiger partial charge on any atom is -0.490 e. The third-order valence-corrected chi connectivity index (χ3v) is 7.20. The average molecular weight is 471 g/mol. The Bertz CT molecular complexity index is 958. The van der Waals surface area contributed by atoms with Crippen LogP contribution in [0, 0.1) is 11.7 Å². The first-order valence-electron chi connectivity index (χ1n) is 10.5. The van der Waals surface area contributed by atoms with Crippen LogP contribution >= 0.6 is 0 Å². The van der Waals surface area contributed by atoms with E-state index in [-0.39, 0.29) is 36.2 Å². The first kappa shape index (κ1) is 24.1. The van der Waals surface area contributed by atoms with E-state index in [0.29, 0.717) is 24.5 Å². The number of urea groups is 1. The molecule has 2 aliphatic rings. The third-order valence-electron chi connectivity index (χ3n) is 5.28. The van der Waals surface area contributed by atoms with E-state index in [1.165, 1.54) is 6.07 Å². The van der Waals surface area contributed by atoms with Crippen LogP contribution in [-0.2, 0) is 24.2 Å². The Morgan fingerprint density at radius 3 is 2.47 bits per heavy atom. The molecule has 32 heavy (non-hydrogen) atoms. The van der Waals surface area contributed by atoms with Gasteiger partial charge in [0.25, 0.3) is 11.8 Å². The molecule has 0 radical (unpaired) electrons. The number of imide groups is 2. The maximum Gasteiger partial charge on any atom is 0.328 e. The fraction of sp³-hybridized carbons (Fsp3) is 0.571. The molecule has 2 N–H and O–H groups in total. The monoisotopic (exact) mass is 470 g/mol. The first-order valence-corrected chi connectivity index (χ1v) is 12.4. The van der Waals surface area contributed by atoms with Gasteiger partial charge in [-0.25, -0.2) is 17.6 Å². The van der Waals surface area contributed by atoms with Gasteiger partial charge in [-0.3, -0.25) is 20.2 Å². The highest BCUT2D eigenvalue weighted by molar-refractivity contribution is 7.91. The average Bonchev–Trinajstić information content (AvgIpc) is 3.52. The van der Waals surface area contributed by atoms with Crippen LogP contribution < -0.4 is 15.4 Å². The first-order chi connectivity index (χ1) is 15.1. The van der Waals surface area contributed by atoms with E-state index in [9.17, 15) is 27.2 Å². The summed E-state index contributed by atoms with van der Waals surface area (Å²) in [5.74, 6) is -2.06. The smallest absolute Gasteiger partial charge is 0.328 e. The summed E-state index contributed by atoms with van der Waals surface area (Å²) in [7, 11) is -3.40. The molecule has 0 aromatic heterocycles. The van der Waals surface area contributed by atoms with Crippen molar-refractivity contribution in [2.24, 2.45) is 5.92 Å². The van der Waals surface area contributed by atoms with Crippen molar-refractivity contribution < 1.29 is 36.7 Å². The van der Waals surface area contributed by atoms with Gasteiger partial charge in [0.2, 0.25) is 6.10 Å². The van der Waals surface area contributed by atoms with Crippen LogP contribution in [0.5, 0.6) is 5.75 Å². The molecular weight excluding hydrogens is 443 g/mol. The summed E-state index contributed by atoms with van der Waals surface area (Å²) in [5.41, 5.74) is 0.688.